The largest absolute Gasteiger partial charge is 0.491 e. The van der Waals surface area contributed by atoms with Crippen LogP contribution in [0.4, 0.5) is 13.9 Å². The van der Waals surface area contributed by atoms with Gasteiger partial charge < -0.3 is 20.1 Å². The summed E-state index contributed by atoms with van der Waals surface area (Å²) in [4.78, 5) is 7.06. The van der Waals surface area contributed by atoms with E-state index in [4.69, 9.17) is 14.8 Å². The molecule has 1 atom stereocenters. The molecule has 0 unspecified atom stereocenters. The molecule has 0 radical (unpaired) electrons. The van der Waals surface area contributed by atoms with Gasteiger partial charge in [-0.1, -0.05) is 23.5 Å². The first kappa shape index (κ1) is 22.4. The number of ether oxygens (including phenoxy) is 1. The number of hydrogen-bond donors (Lipinski definition) is 2. The molecule has 30 heavy (non-hydrogen) atoms. The number of para-hydroxylation sites is 1. The number of halogens is 2. The second-order valence-corrected chi connectivity index (χ2v) is 8.30. The van der Waals surface area contributed by atoms with E-state index < -0.39 is 17.7 Å². The average molecular weight is 436 g/mol. The predicted molar refractivity (Wildman–Crippen MR) is 117 cm³/mol. The molecule has 5 nitrogen and oxygen atoms in total. The van der Waals surface area contributed by atoms with E-state index in [0.29, 0.717) is 6.04 Å². The molecule has 0 aliphatic carbocycles. The van der Waals surface area contributed by atoms with Gasteiger partial charge in [-0.2, -0.15) is 0 Å². The van der Waals surface area contributed by atoms with Crippen LogP contribution >= 0.6 is 11.3 Å². The normalized spacial score (nSPS) is 15.4. The fourth-order valence-corrected chi connectivity index (χ4v) is 4.14. The zero-order chi connectivity index (χ0) is 21.5. The number of thiazole rings is 1. The van der Waals surface area contributed by atoms with E-state index in [1.54, 1.807) is 18.3 Å². The Balaban J connectivity index is 0.000000178. The Bertz CT molecular complexity index is 912. The van der Waals surface area contributed by atoms with E-state index in [1.165, 1.54) is 23.6 Å². The first-order chi connectivity index (χ1) is 14.4. The Hall–Kier alpha value is -2.29. The van der Waals surface area contributed by atoms with Gasteiger partial charge >= 0.3 is 0 Å². The average Bonchev–Trinajstić information content (AvgIpc) is 3.19. The zero-order valence-electron chi connectivity index (χ0n) is 17.1. The Morgan fingerprint density at radius 3 is 2.60 bits per heavy atom. The number of aliphatic hydroxyl groups is 1. The second-order valence-electron chi connectivity index (χ2n) is 7.29. The van der Waals surface area contributed by atoms with Crippen molar-refractivity contribution in [3.05, 3.63) is 54.1 Å². The van der Waals surface area contributed by atoms with E-state index in [1.807, 2.05) is 0 Å². The summed E-state index contributed by atoms with van der Waals surface area (Å²) in [5.41, 5.74) is 1.12. The number of nitrogens with zero attached hydrogens (tertiary/aromatic N) is 2. The van der Waals surface area contributed by atoms with Crippen LogP contribution in [0.5, 0.6) is 5.75 Å². The number of piperidine rings is 1. The molecule has 8 heteroatoms. The summed E-state index contributed by atoms with van der Waals surface area (Å²) < 4.78 is 31.2. The van der Waals surface area contributed by atoms with Gasteiger partial charge in [-0.25, -0.2) is 13.8 Å². The molecular weight excluding hydrogens is 408 g/mol. The quantitative estimate of drug-likeness (QED) is 0.629. The summed E-state index contributed by atoms with van der Waals surface area (Å²) in [6, 6.07) is 12.2. The van der Waals surface area contributed by atoms with Gasteiger partial charge in [0, 0.05) is 19.2 Å². The van der Waals surface area contributed by atoms with Crippen LogP contribution in [0.3, 0.4) is 0 Å². The van der Waals surface area contributed by atoms with E-state index in [9.17, 15) is 8.78 Å². The van der Waals surface area contributed by atoms with Gasteiger partial charge in [0.1, 0.15) is 12.4 Å². The third-order valence-electron chi connectivity index (χ3n) is 4.82. The van der Waals surface area contributed by atoms with Crippen molar-refractivity contribution in [3.63, 3.8) is 0 Å². The van der Waals surface area contributed by atoms with Crippen LogP contribution in [0, 0.1) is 11.6 Å². The highest BCUT2D eigenvalue weighted by Gasteiger charge is 2.20. The highest BCUT2D eigenvalue weighted by molar-refractivity contribution is 7.22. The van der Waals surface area contributed by atoms with E-state index in [-0.39, 0.29) is 12.4 Å². The standard InChI is InChI=1S/C13H17N3S.C9H10F2O2/c1-16(10-6-8-14-9-7-10)13-15-11-4-2-3-5-12(11)17-13;1-6(12)5-13-7-2-3-8(10)9(11)4-7/h2-5,10,14H,6-9H2,1H3;2-4,6,12H,5H2,1H3/t;6-/m.0/s1. The molecule has 1 aliphatic rings. The summed E-state index contributed by atoms with van der Waals surface area (Å²) in [5.74, 6) is -1.66. The lowest BCUT2D eigenvalue weighted by molar-refractivity contribution is 0.122. The van der Waals surface area contributed by atoms with Gasteiger partial charge in [-0.3, -0.25) is 0 Å². The topological polar surface area (TPSA) is 57.6 Å². The van der Waals surface area contributed by atoms with Gasteiger partial charge in [0.15, 0.2) is 16.8 Å². The summed E-state index contributed by atoms with van der Waals surface area (Å²) in [6.07, 6.45) is 1.80. The molecule has 1 saturated heterocycles. The molecule has 2 N–H and O–H groups in total. The maximum absolute atomic E-state index is 12.6. The monoisotopic (exact) mass is 435 g/mol. The molecule has 0 spiro atoms. The van der Waals surface area contributed by atoms with Gasteiger partial charge in [-0.15, -0.1) is 0 Å². The van der Waals surface area contributed by atoms with Crippen LogP contribution in [0.25, 0.3) is 10.2 Å². The Morgan fingerprint density at radius 2 is 1.93 bits per heavy atom. The molecule has 0 bridgehead atoms. The van der Waals surface area contributed by atoms with Crippen LogP contribution in [0.1, 0.15) is 19.8 Å². The minimum absolute atomic E-state index is 0.0606. The lowest BCUT2D eigenvalue weighted by Gasteiger charge is -2.31. The number of fused-ring (bicyclic) bond motifs is 1. The van der Waals surface area contributed by atoms with E-state index >= 15 is 0 Å². The number of nitrogens with one attached hydrogen (secondary N) is 1. The first-order valence-corrected chi connectivity index (χ1v) is 10.8. The summed E-state index contributed by atoms with van der Waals surface area (Å²) in [7, 11) is 2.17. The SMILES string of the molecule is CN(c1nc2ccccc2s1)C1CCNCC1.C[C@H](O)COc1ccc(F)c(F)c1. The molecule has 2 heterocycles. The molecule has 162 valence electrons. The van der Waals surface area contributed by atoms with Gasteiger partial charge in [0.05, 0.1) is 16.3 Å². The summed E-state index contributed by atoms with van der Waals surface area (Å²) in [5, 5.41) is 13.4. The second kappa shape index (κ2) is 10.7. The van der Waals surface area contributed by atoms with Gasteiger partial charge in [-0.05, 0) is 57.1 Å². The van der Waals surface area contributed by atoms with Crippen molar-refractivity contribution in [1.29, 1.82) is 0 Å². The van der Waals surface area contributed by atoms with Crippen molar-refractivity contribution in [1.82, 2.24) is 10.3 Å². The predicted octanol–water partition coefficient (Wildman–Crippen LogP) is 4.21. The van der Waals surface area contributed by atoms with Crippen molar-refractivity contribution >= 4 is 26.7 Å². The summed E-state index contributed by atoms with van der Waals surface area (Å²) in [6.45, 7) is 3.85. The fourth-order valence-electron chi connectivity index (χ4n) is 3.14. The minimum atomic E-state index is -0.955. The zero-order valence-corrected chi connectivity index (χ0v) is 18.0. The Morgan fingerprint density at radius 1 is 1.20 bits per heavy atom. The highest BCUT2D eigenvalue weighted by Crippen LogP contribution is 2.30. The molecule has 2 aromatic carbocycles. The van der Waals surface area contributed by atoms with E-state index in [2.05, 4.69) is 41.5 Å². The van der Waals surface area contributed by atoms with Gasteiger partial charge in [0.25, 0.3) is 0 Å². The molecule has 3 aromatic rings. The Kier molecular flexibility index (Phi) is 7.95. The number of aliphatic hydroxyl groups excluding tert-OH is 1. The number of benzene rings is 2. The molecule has 1 aromatic heterocycles. The van der Waals surface area contributed by atoms with Crippen LogP contribution < -0.4 is 15.0 Å². The molecule has 0 amide bonds. The van der Waals surface area contributed by atoms with Crippen molar-refractivity contribution in [3.8, 4) is 5.75 Å². The molecular formula is C22H27F2N3O2S. The van der Waals surface area contributed by atoms with Crippen molar-refractivity contribution in [2.45, 2.75) is 31.9 Å². The molecule has 4 rings (SSSR count). The third kappa shape index (κ3) is 6.10. The van der Waals surface area contributed by atoms with E-state index in [0.717, 1.165) is 35.9 Å². The highest BCUT2D eigenvalue weighted by atomic mass is 32.1. The van der Waals surface area contributed by atoms with Crippen molar-refractivity contribution in [2.24, 2.45) is 0 Å². The van der Waals surface area contributed by atoms with Crippen LogP contribution in [0.15, 0.2) is 42.5 Å². The molecule has 1 fully saturated rings. The lowest BCUT2D eigenvalue weighted by Crippen LogP contribution is -2.41. The van der Waals surface area contributed by atoms with Crippen LogP contribution in [0.2, 0.25) is 0 Å². The number of hydrogen-bond acceptors (Lipinski definition) is 6. The molecule has 0 saturated carbocycles. The number of rotatable bonds is 5. The first-order valence-electron chi connectivity index (χ1n) is 9.99. The number of aromatic nitrogens is 1. The Labute approximate surface area is 179 Å². The lowest BCUT2D eigenvalue weighted by atomic mass is 10.1. The van der Waals surface area contributed by atoms with Crippen LogP contribution in [-0.2, 0) is 0 Å². The minimum Gasteiger partial charge on any atom is -0.491 e. The third-order valence-corrected chi connectivity index (χ3v) is 5.95. The van der Waals surface area contributed by atoms with Crippen LogP contribution in [-0.4, -0.2) is 49.0 Å². The smallest absolute Gasteiger partial charge is 0.186 e. The maximum atomic E-state index is 12.6. The fraction of sp³-hybridized carbons (Fsp3) is 0.409. The molecule has 1 aliphatic heterocycles. The number of anilines is 1. The van der Waals surface area contributed by atoms with Crippen molar-refractivity contribution in [2.75, 3.05) is 31.6 Å². The van der Waals surface area contributed by atoms with Gasteiger partial charge in [0.2, 0.25) is 0 Å². The maximum Gasteiger partial charge on any atom is 0.186 e. The summed E-state index contributed by atoms with van der Waals surface area (Å²) >= 11 is 1.79. The van der Waals surface area contributed by atoms with Crippen molar-refractivity contribution < 1.29 is 18.6 Å².